The zero-order valence-corrected chi connectivity index (χ0v) is 26.4. The van der Waals surface area contributed by atoms with Crippen molar-refractivity contribution in [2.75, 3.05) is 6.61 Å². The lowest BCUT2D eigenvalue weighted by atomic mass is 9.47. The van der Waals surface area contributed by atoms with Gasteiger partial charge in [0.15, 0.2) is 6.29 Å². The summed E-state index contributed by atoms with van der Waals surface area (Å²) in [5.74, 6) is 5.05. The van der Waals surface area contributed by atoms with E-state index in [1.165, 1.54) is 37.7 Å². The standard InChI is InChI=1S/C35H58O6/c1-7-22(20(2)3)9-8-21(4)26-12-13-27-25-11-10-23-18-24(14-16-34(23,5)28(25)15-17-35(26,27)6)40-33-32(39)31(38)30(37)29(19-36)41-33/h8-10,20-22,24-33,36-39H,7,11-19H2,1-6H3/b9-8-/t21-,22-,24+,25+,26-,27+,28+,29-,30-,31+,32-,33-,34+,35-/m1/s1. The van der Waals surface area contributed by atoms with Gasteiger partial charge in [-0.25, -0.2) is 0 Å². The molecule has 0 aromatic heterocycles. The lowest BCUT2D eigenvalue weighted by Crippen LogP contribution is -2.60. The molecular weight excluding hydrogens is 516 g/mol. The van der Waals surface area contributed by atoms with Gasteiger partial charge in [0.2, 0.25) is 0 Å². The van der Waals surface area contributed by atoms with Crippen molar-refractivity contribution in [1.82, 2.24) is 0 Å². The average molecular weight is 575 g/mol. The zero-order chi connectivity index (χ0) is 29.7. The van der Waals surface area contributed by atoms with Gasteiger partial charge in [-0.1, -0.05) is 65.3 Å². The minimum Gasteiger partial charge on any atom is -0.394 e. The minimum atomic E-state index is -1.40. The Morgan fingerprint density at radius 3 is 2.41 bits per heavy atom. The fourth-order valence-electron chi connectivity index (χ4n) is 10.3. The topological polar surface area (TPSA) is 99.4 Å². The number of hydrogen-bond acceptors (Lipinski definition) is 6. The maximum atomic E-state index is 10.5. The third-order valence-electron chi connectivity index (χ3n) is 12.9. The Labute approximate surface area is 248 Å². The Kier molecular flexibility index (Phi) is 9.51. The highest BCUT2D eigenvalue weighted by Crippen LogP contribution is 2.67. The summed E-state index contributed by atoms with van der Waals surface area (Å²) in [7, 11) is 0. The summed E-state index contributed by atoms with van der Waals surface area (Å²) in [6.45, 7) is 14.2. The second-order valence-electron chi connectivity index (χ2n) is 15.2. The molecule has 0 unspecified atom stereocenters. The third-order valence-corrected chi connectivity index (χ3v) is 12.9. The minimum absolute atomic E-state index is 0.109. The van der Waals surface area contributed by atoms with Crippen LogP contribution in [0.25, 0.3) is 0 Å². The number of rotatable bonds is 8. The molecule has 0 amide bonds. The largest absolute Gasteiger partial charge is 0.394 e. The Morgan fingerprint density at radius 2 is 1.73 bits per heavy atom. The summed E-state index contributed by atoms with van der Waals surface area (Å²) in [4.78, 5) is 0. The van der Waals surface area contributed by atoms with Crippen LogP contribution in [-0.2, 0) is 9.47 Å². The molecule has 0 radical (unpaired) electrons. The summed E-state index contributed by atoms with van der Waals surface area (Å²) in [5, 5.41) is 40.4. The summed E-state index contributed by atoms with van der Waals surface area (Å²) >= 11 is 0. The van der Waals surface area contributed by atoms with Gasteiger partial charge < -0.3 is 29.9 Å². The van der Waals surface area contributed by atoms with Crippen LogP contribution < -0.4 is 0 Å². The molecule has 41 heavy (non-hydrogen) atoms. The van der Waals surface area contributed by atoms with E-state index in [-0.39, 0.29) is 11.5 Å². The van der Waals surface area contributed by atoms with E-state index in [0.717, 1.165) is 43.4 Å². The molecule has 1 aliphatic heterocycles. The first kappa shape index (κ1) is 31.7. The maximum Gasteiger partial charge on any atom is 0.186 e. The Bertz CT molecular complexity index is 960. The van der Waals surface area contributed by atoms with E-state index >= 15 is 0 Å². The molecule has 0 spiro atoms. The first-order valence-electron chi connectivity index (χ1n) is 16.8. The predicted octanol–water partition coefficient (Wildman–Crippen LogP) is 5.63. The lowest BCUT2D eigenvalue weighted by Gasteiger charge is -2.58. The van der Waals surface area contributed by atoms with E-state index in [0.29, 0.717) is 29.1 Å². The number of ether oxygens (including phenoxy) is 2. The molecule has 3 saturated carbocycles. The second-order valence-corrected chi connectivity index (χ2v) is 15.2. The molecule has 5 aliphatic rings. The fraction of sp³-hybridized carbons (Fsp3) is 0.886. The van der Waals surface area contributed by atoms with Gasteiger partial charge in [-0.2, -0.15) is 0 Å². The molecule has 234 valence electrons. The van der Waals surface area contributed by atoms with E-state index < -0.39 is 37.3 Å². The normalized spacial score (nSPS) is 47.9. The van der Waals surface area contributed by atoms with Crippen molar-refractivity contribution in [3.8, 4) is 0 Å². The van der Waals surface area contributed by atoms with Crippen LogP contribution in [0.2, 0.25) is 0 Å². The van der Waals surface area contributed by atoms with Crippen LogP contribution in [-0.4, -0.2) is 63.8 Å². The van der Waals surface area contributed by atoms with Crippen molar-refractivity contribution in [2.45, 2.75) is 136 Å². The number of hydrogen-bond donors (Lipinski definition) is 4. The van der Waals surface area contributed by atoms with E-state index in [1.807, 2.05) is 0 Å². The van der Waals surface area contributed by atoms with Gasteiger partial charge in [-0.3, -0.25) is 0 Å². The molecule has 14 atom stereocenters. The molecule has 6 heteroatoms. The van der Waals surface area contributed by atoms with Crippen LogP contribution in [0.1, 0.15) is 99.3 Å². The molecule has 4 N–H and O–H groups in total. The van der Waals surface area contributed by atoms with Gasteiger partial charge >= 0.3 is 0 Å². The van der Waals surface area contributed by atoms with Crippen molar-refractivity contribution < 1.29 is 29.9 Å². The summed E-state index contributed by atoms with van der Waals surface area (Å²) in [5.41, 5.74) is 2.11. The number of fused-ring (bicyclic) bond motifs is 5. The summed E-state index contributed by atoms with van der Waals surface area (Å²) < 4.78 is 11.9. The van der Waals surface area contributed by atoms with Gasteiger partial charge in [-0.05, 0) is 110 Å². The Balaban J connectivity index is 1.26. The molecule has 0 bridgehead atoms. The summed E-state index contributed by atoms with van der Waals surface area (Å²) in [6.07, 6.45) is 11.9. The van der Waals surface area contributed by atoms with E-state index in [2.05, 4.69) is 59.8 Å². The molecule has 6 nitrogen and oxygen atoms in total. The Morgan fingerprint density at radius 1 is 0.976 bits per heavy atom. The quantitative estimate of drug-likeness (QED) is 0.281. The monoisotopic (exact) mass is 574 g/mol. The predicted molar refractivity (Wildman–Crippen MR) is 161 cm³/mol. The highest BCUT2D eigenvalue weighted by atomic mass is 16.7. The van der Waals surface area contributed by atoms with Crippen LogP contribution in [0, 0.1) is 52.3 Å². The van der Waals surface area contributed by atoms with Gasteiger partial charge in [0.1, 0.15) is 24.4 Å². The molecular formula is C35H58O6. The smallest absolute Gasteiger partial charge is 0.186 e. The van der Waals surface area contributed by atoms with Crippen LogP contribution in [0.15, 0.2) is 23.8 Å². The Hall–Kier alpha value is -0.760. The second kappa shape index (κ2) is 12.3. The summed E-state index contributed by atoms with van der Waals surface area (Å²) in [6, 6.07) is 0. The third kappa shape index (κ3) is 5.64. The molecule has 0 aromatic rings. The van der Waals surface area contributed by atoms with Crippen molar-refractivity contribution in [3.05, 3.63) is 23.8 Å². The van der Waals surface area contributed by atoms with Gasteiger partial charge in [-0.15, -0.1) is 0 Å². The van der Waals surface area contributed by atoms with Gasteiger partial charge in [0.05, 0.1) is 12.7 Å². The van der Waals surface area contributed by atoms with Crippen molar-refractivity contribution >= 4 is 0 Å². The SMILES string of the molecule is CC[C@H](/C=C\[C@@H](C)[C@H]1CC[C@H]2[C@@H]3CC=C4C[C@@H](O[C@@H]5O[C@H](CO)[C@@H](O)[C@H](O)[C@H]5O)CC[C@]4(C)[C@H]3CC[C@]12C)C(C)C. The van der Waals surface area contributed by atoms with E-state index in [1.54, 1.807) is 0 Å². The first-order chi connectivity index (χ1) is 19.4. The zero-order valence-electron chi connectivity index (χ0n) is 26.4. The number of allylic oxidation sites excluding steroid dienone is 3. The highest BCUT2D eigenvalue weighted by Gasteiger charge is 2.59. The molecule has 1 saturated heterocycles. The highest BCUT2D eigenvalue weighted by molar-refractivity contribution is 5.25. The van der Waals surface area contributed by atoms with Crippen molar-refractivity contribution in [3.63, 3.8) is 0 Å². The van der Waals surface area contributed by atoms with Crippen LogP contribution >= 0.6 is 0 Å². The molecule has 5 rings (SSSR count). The first-order valence-corrected chi connectivity index (χ1v) is 16.8. The van der Waals surface area contributed by atoms with Crippen molar-refractivity contribution in [2.24, 2.45) is 52.3 Å². The molecule has 1 heterocycles. The van der Waals surface area contributed by atoms with Crippen LogP contribution in [0.3, 0.4) is 0 Å². The maximum absolute atomic E-state index is 10.5. The van der Waals surface area contributed by atoms with Crippen LogP contribution in [0.5, 0.6) is 0 Å². The fourth-order valence-corrected chi connectivity index (χ4v) is 10.3. The van der Waals surface area contributed by atoms with E-state index in [9.17, 15) is 20.4 Å². The van der Waals surface area contributed by atoms with Crippen molar-refractivity contribution in [1.29, 1.82) is 0 Å². The average Bonchev–Trinajstić information content (AvgIpc) is 3.30. The van der Waals surface area contributed by atoms with Crippen LogP contribution in [0.4, 0.5) is 0 Å². The van der Waals surface area contributed by atoms with Gasteiger partial charge in [0.25, 0.3) is 0 Å². The lowest BCUT2D eigenvalue weighted by molar-refractivity contribution is -0.313. The number of aliphatic hydroxyl groups excluding tert-OH is 4. The molecule has 4 fully saturated rings. The van der Waals surface area contributed by atoms with E-state index in [4.69, 9.17) is 9.47 Å². The number of aliphatic hydroxyl groups is 4. The van der Waals surface area contributed by atoms with Gasteiger partial charge in [0, 0.05) is 0 Å². The molecule has 0 aromatic carbocycles. The molecule has 4 aliphatic carbocycles.